The van der Waals surface area contributed by atoms with Gasteiger partial charge in [-0.25, -0.2) is 4.79 Å². The number of hydrogen-bond donors (Lipinski definition) is 1. The average Bonchev–Trinajstić information content (AvgIpc) is 3.09. The number of ether oxygens (including phenoxy) is 3. The molecule has 52 heavy (non-hydrogen) atoms. The number of carboxylic acid groups (broad SMARTS) is 1. The highest BCUT2D eigenvalue weighted by molar-refractivity contribution is 5.72. The van der Waals surface area contributed by atoms with Crippen LogP contribution in [0.2, 0.25) is 0 Å². The number of nitrogens with zero attached hydrogens (tertiary/aromatic N) is 1. The Hall–Kier alpha value is -3.23. The van der Waals surface area contributed by atoms with Crippen LogP contribution in [-0.2, 0) is 28.6 Å². The maximum atomic E-state index is 12.6. The van der Waals surface area contributed by atoms with E-state index in [1.807, 2.05) is 27.2 Å². The van der Waals surface area contributed by atoms with Gasteiger partial charge in [-0.2, -0.15) is 0 Å². The largest absolute Gasteiger partial charge is 0.477 e. The number of carbonyl (C=O) groups excluding carboxylic acids is 2. The van der Waals surface area contributed by atoms with Gasteiger partial charge in [-0.3, -0.25) is 9.59 Å². The standard InChI is InChI=1S/C44H73NO7/c1-6-8-10-12-14-16-17-18-19-20-21-22-23-24-25-26-27-29-30-32-34-42(46)51-39-40(38-50-37-36-41(44(48)49)45(3,4)5)52-43(47)35-33-31-28-15-13-11-9-7-2/h8,10,14,16,18-19,21-22,24-25,28,31,40-41H,6-7,9,11-13,15,17,20,23,26-27,29-30,32-39H2,1-5H3/p+1/b10-8+,16-14+,19-18+,22-21+,25-24+,31-28+. The van der Waals surface area contributed by atoms with E-state index in [-0.39, 0.29) is 42.7 Å². The van der Waals surface area contributed by atoms with Crippen LogP contribution in [0, 0.1) is 0 Å². The van der Waals surface area contributed by atoms with Crippen molar-refractivity contribution in [1.29, 1.82) is 0 Å². The van der Waals surface area contributed by atoms with E-state index in [9.17, 15) is 19.5 Å². The van der Waals surface area contributed by atoms with Crippen molar-refractivity contribution >= 4 is 17.9 Å². The summed E-state index contributed by atoms with van der Waals surface area (Å²) in [5, 5.41) is 9.57. The minimum atomic E-state index is -0.888. The quantitative estimate of drug-likeness (QED) is 0.0305. The molecule has 0 rings (SSSR count). The second kappa shape index (κ2) is 34.8. The summed E-state index contributed by atoms with van der Waals surface area (Å²) in [5.74, 6) is -1.58. The lowest BCUT2D eigenvalue weighted by Crippen LogP contribution is -2.50. The van der Waals surface area contributed by atoms with Gasteiger partial charge in [0.15, 0.2) is 12.1 Å². The van der Waals surface area contributed by atoms with Gasteiger partial charge in [0.2, 0.25) is 0 Å². The fourth-order valence-electron chi connectivity index (χ4n) is 5.25. The third-order valence-electron chi connectivity index (χ3n) is 8.35. The Kier molecular flexibility index (Phi) is 32.7. The van der Waals surface area contributed by atoms with Gasteiger partial charge in [-0.05, 0) is 70.6 Å². The predicted molar refractivity (Wildman–Crippen MR) is 215 cm³/mol. The lowest BCUT2D eigenvalue weighted by molar-refractivity contribution is -0.887. The number of carboxylic acids is 1. The van der Waals surface area contributed by atoms with Crippen molar-refractivity contribution in [3.05, 3.63) is 72.9 Å². The Morgan fingerprint density at radius 2 is 1.12 bits per heavy atom. The molecule has 8 heteroatoms. The highest BCUT2D eigenvalue weighted by Gasteiger charge is 2.31. The fourth-order valence-corrected chi connectivity index (χ4v) is 5.25. The smallest absolute Gasteiger partial charge is 0.362 e. The third-order valence-corrected chi connectivity index (χ3v) is 8.35. The summed E-state index contributed by atoms with van der Waals surface area (Å²) in [4.78, 5) is 36.7. The fraction of sp³-hybridized carbons (Fsp3) is 0.659. The number of esters is 2. The van der Waals surface area contributed by atoms with E-state index in [0.29, 0.717) is 19.3 Å². The third kappa shape index (κ3) is 32.7. The van der Waals surface area contributed by atoms with Crippen molar-refractivity contribution in [2.45, 2.75) is 148 Å². The van der Waals surface area contributed by atoms with Crippen molar-refractivity contribution in [2.24, 2.45) is 0 Å². The molecule has 0 aromatic carbocycles. The van der Waals surface area contributed by atoms with E-state index >= 15 is 0 Å². The molecule has 8 nitrogen and oxygen atoms in total. The predicted octanol–water partition coefficient (Wildman–Crippen LogP) is 10.4. The molecular formula is C44H74NO7+. The lowest BCUT2D eigenvalue weighted by Gasteiger charge is -2.31. The summed E-state index contributed by atoms with van der Waals surface area (Å²) >= 11 is 0. The van der Waals surface area contributed by atoms with Gasteiger partial charge < -0.3 is 23.8 Å². The first-order valence-corrected chi connectivity index (χ1v) is 20.0. The monoisotopic (exact) mass is 729 g/mol. The minimum Gasteiger partial charge on any atom is -0.477 e. The van der Waals surface area contributed by atoms with E-state index in [2.05, 4.69) is 80.7 Å². The van der Waals surface area contributed by atoms with Crippen molar-refractivity contribution in [1.82, 2.24) is 0 Å². The maximum absolute atomic E-state index is 12.6. The van der Waals surface area contributed by atoms with E-state index in [1.165, 1.54) is 19.3 Å². The van der Waals surface area contributed by atoms with Gasteiger partial charge in [0.05, 0.1) is 34.4 Å². The first-order valence-electron chi connectivity index (χ1n) is 20.0. The van der Waals surface area contributed by atoms with Crippen molar-refractivity contribution < 1.29 is 38.2 Å². The topological polar surface area (TPSA) is 99.1 Å². The Labute approximate surface area is 317 Å². The Morgan fingerprint density at radius 3 is 1.67 bits per heavy atom. The van der Waals surface area contributed by atoms with E-state index in [0.717, 1.165) is 77.0 Å². The summed E-state index contributed by atoms with van der Waals surface area (Å²) in [6.07, 6.45) is 42.6. The summed E-state index contributed by atoms with van der Waals surface area (Å²) in [5.41, 5.74) is 0. The molecule has 0 saturated heterocycles. The van der Waals surface area contributed by atoms with Gasteiger partial charge in [0.25, 0.3) is 0 Å². The normalized spacial score (nSPS) is 13.8. The van der Waals surface area contributed by atoms with Crippen LogP contribution in [0.15, 0.2) is 72.9 Å². The second-order valence-electron chi connectivity index (χ2n) is 14.1. The van der Waals surface area contributed by atoms with Crippen LogP contribution in [0.4, 0.5) is 0 Å². The molecule has 0 aliphatic heterocycles. The number of hydrogen-bond acceptors (Lipinski definition) is 6. The summed E-state index contributed by atoms with van der Waals surface area (Å²) in [7, 11) is 5.48. The van der Waals surface area contributed by atoms with Crippen LogP contribution in [0.3, 0.4) is 0 Å². The molecule has 0 spiro atoms. The average molecular weight is 729 g/mol. The van der Waals surface area contributed by atoms with Crippen LogP contribution in [-0.4, -0.2) is 80.6 Å². The molecule has 0 amide bonds. The Morgan fingerprint density at radius 1 is 0.596 bits per heavy atom. The number of allylic oxidation sites excluding steroid dienone is 12. The molecule has 0 aliphatic carbocycles. The Bertz CT molecular complexity index is 1080. The molecular weight excluding hydrogens is 654 g/mol. The molecule has 1 N–H and O–H groups in total. The zero-order chi connectivity index (χ0) is 38.5. The number of unbranched alkanes of at least 4 members (excludes halogenated alkanes) is 8. The summed E-state index contributed by atoms with van der Waals surface area (Å²) in [6.45, 7) is 4.48. The number of carbonyl (C=O) groups is 3. The molecule has 0 saturated carbocycles. The number of likely N-dealkylation sites (N-methyl/N-ethyl adjacent to an activating group) is 1. The number of quaternary nitrogens is 1. The maximum Gasteiger partial charge on any atom is 0.362 e. The zero-order valence-corrected chi connectivity index (χ0v) is 33.5. The molecule has 2 unspecified atom stereocenters. The Balaban J connectivity index is 4.38. The zero-order valence-electron chi connectivity index (χ0n) is 33.5. The van der Waals surface area contributed by atoms with E-state index < -0.39 is 18.1 Å². The van der Waals surface area contributed by atoms with Gasteiger partial charge in [0, 0.05) is 19.3 Å². The summed E-state index contributed by atoms with van der Waals surface area (Å²) in [6, 6.07) is -0.625. The van der Waals surface area contributed by atoms with Gasteiger partial charge in [0.1, 0.15) is 6.61 Å². The molecule has 0 bridgehead atoms. The SMILES string of the molecule is CC/C=C/C/C=C/C/C=C/C/C=C/C/C=C/CCCCCCC(=O)OCC(COCCC(C(=O)O)[N+](C)(C)C)OC(=O)CC/C=C/CCCCCC. The number of rotatable bonds is 34. The highest BCUT2D eigenvalue weighted by atomic mass is 16.6. The lowest BCUT2D eigenvalue weighted by atomic mass is 10.1. The highest BCUT2D eigenvalue weighted by Crippen LogP contribution is 2.11. The van der Waals surface area contributed by atoms with E-state index in [4.69, 9.17) is 14.2 Å². The van der Waals surface area contributed by atoms with Crippen LogP contribution < -0.4 is 0 Å². The van der Waals surface area contributed by atoms with Crippen LogP contribution >= 0.6 is 0 Å². The molecule has 0 aliphatic rings. The number of aliphatic carboxylic acids is 1. The summed E-state index contributed by atoms with van der Waals surface area (Å²) < 4.78 is 17.1. The first-order chi connectivity index (χ1) is 25.1. The van der Waals surface area contributed by atoms with Crippen LogP contribution in [0.25, 0.3) is 0 Å². The van der Waals surface area contributed by atoms with Gasteiger partial charge in [-0.1, -0.05) is 119 Å². The van der Waals surface area contributed by atoms with Crippen LogP contribution in [0.5, 0.6) is 0 Å². The van der Waals surface area contributed by atoms with Crippen molar-refractivity contribution in [3.8, 4) is 0 Å². The second-order valence-corrected chi connectivity index (χ2v) is 14.1. The van der Waals surface area contributed by atoms with Gasteiger partial charge in [-0.15, -0.1) is 0 Å². The molecule has 0 radical (unpaired) electrons. The molecule has 0 fully saturated rings. The minimum absolute atomic E-state index is 0.0333. The molecule has 2 atom stereocenters. The van der Waals surface area contributed by atoms with E-state index in [1.54, 1.807) is 0 Å². The van der Waals surface area contributed by atoms with Crippen molar-refractivity contribution in [3.63, 3.8) is 0 Å². The first kappa shape index (κ1) is 48.8. The van der Waals surface area contributed by atoms with Gasteiger partial charge >= 0.3 is 17.9 Å². The van der Waals surface area contributed by atoms with Crippen molar-refractivity contribution in [2.75, 3.05) is 41.0 Å². The molecule has 296 valence electrons. The van der Waals surface area contributed by atoms with Crippen LogP contribution in [0.1, 0.15) is 136 Å². The molecule has 0 aromatic heterocycles. The molecule has 0 heterocycles. The molecule has 0 aromatic rings.